The van der Waals surface area contributed by atoms with Crippen LogP contribution in [0.3, 0.4) is 0 Å². The largest absolute Gasteiger partial charge is 0.383 e. The molecule has 1 unspecified atom stereocenters. The molecule has 0 bridgehead atoms. The normalized spacial score (nSPS) is 12.3. The van der Waals surface area contributed by atoms with Crippen LogP contribution in [-0.4, -0.2) is 14.7 Å². The zero-order valence-corrected chi connectivity index (χ0v) is 15.9. The average molecular weight is 378 g/mol. The van der Waals surface area contributed by atoms with Crippen molar-refractivity contribution in [2.24, 2.45) is 7.05 Å². The molecule has 3 nitrogen and oxygen atoms in total. The lowest BCUT2D eigenvalue weighted by atomic mass is 9.95. The van der Waals surface area contributed by atoms with E-state index in [9.17, 15) is 9.50 Å². The topological polar surface area (TPSA) is 38.1 Å². The van der Waals surface area contributed by atoms with E-state index in [1.807, 2.05) is 54.4 Å². The number of halogens is 1. The number of aliphatic hydroxyl groups is 1. The summed E-state index contributed by atoms with van der Waals surface area (Å²) in [5.74, 6) is -0.298. The Morgan fingerprint density at radius 3 is 2.67 bits per heavy atom. The van der Waals surface area contributed by atoms with Gasteiger partial charge in [0.2, 0.25) is 0 Å². The summed E-state index contributed by atoms with van der Waals surface area (Å²) in [4.78, 5) is 5.15. The minimum atomic E-state index is -0.910. The van der Waals surface area contributed by atoms with Gasteiger partial charge in [0.25, 0.3) is 0 Å². The van der Waals surface area contributed by atoms with Crippen LogP contribution in [0.25, 0.3) is 21.7 Å². The molecule has 1 N–H and O–H groups in total. The van der Waals surface area contributed by atoms with Crippen molar-refractivity contribution in [3.05, 3.63) is 88.9 Å². The second-order valence-corrected chi connectivity index (χ2v) is 7.51. The molecule has 1 atom stereocenters. The molecule has 0 saturated carbocycles. The number of rotatable bonds is 4. The highest BCUT2D eigenvalue weighted by atomic mass is 32.1. The predicted octanol–water partition coefficient (Wildman–Crippen LogP) is 5.34. The van der Waals surface area contributed by atoms with Crippen LogP contribution in [0.4, 0.5) is 4.39 Å². The van der Waals surface area contributed by atoms with Crippen molar-refractivity contribution in [1.82, 2.24) is 9.55 Å². The zero-order chi connectivity index (χ0) is 19.0. The third kappa shape index (κ3) is 3.20. The second-order valence-electron chi connectivity index (χ2n) is 6.57. The first-order chi connectivity index (χ1) is 13.1. The van der Waals surface area contributed by atoms with Crippen molar-refractivity contribution in [3.63, 3.8) is 0 Å². The smallest absolute Gasteiger partial charge is 0.132 e. The third-order valence-corrected chi connectivity index (χ3v) is 5.56. The third-order valence-electron chi connectivity index (χ3n) is 4.66. The molecule has 0 aliphatic rings. The van der Waals surface area contributed by atoms with E-state index in [0.717, 1.165) is 16.0 Å². The maximum absolute atomic E-state index is 14.8. The van der Waals surface area contributed by atoms with Gasteiger partial charge in [0, 0.05) is 52.8 Å². The number of pyridine rings is 1. The Morgan fingerprint density at radius 2 is 2.00 bits per heavy atom. The van der Waals surface area contributed by atoms with E-state index in [2.05, 4.69) is 4.98 Å². The van der Waals surface area contributed by atoms with Gasteiger partial charge in [0.05, 0.1) is 5.69 Å². The number of aromatic nitrogens is 2. The van der Waals surface area contributed by atoms with Gasteiger partial charge in [-0.1, -0.05) is 18.2 Å². The minimum absolute atomic E-state index is 0.298. The molecule has 5 heteroatoms. The van der Waals surface area contributed by atoms with Gasteiger partial charge in [0.1, 0.15) is 11.9 Å². The summed E-state index contributed by atoms with van der Waals surface area (Å²) in [5, 5.41) is 13.2. The van der Waals surface area contributed by atoms with Crippen molar-refractivity contribution in [3.8, 4) is 21.7 Å². The number of nitrogens with zero attached hydrogens (tertiary/aromatic N) is 2. The Bertz CT molecular complexity index is 1070. The summed E-state index contributed by atoms with van der Waals surface area (Å²) in [6.45, 7) is 1.86. The van der Waals surface area contributed by atoms with E-state index in [1.165, 1.54) is 6.07 Å². The van der Waals surface area contributed by atoms with Crippen LogP contribution in [0, 0.1) is 12.7 Å². The predicted molar refractivity (Wildman–Crippen MR) is 107 cm³/mol. The van der Waals surface area contributed by atoms with E-state index in [4.69, 9.17) is 0 Å². The summed E-state index contributed by atoms with van der Waals surface area (Å²) in [7, 11) is 1.88. The molecule has 0 aliphatic heterocycles. The first-order valence-electron chi connectivity index (χ1n) is 8.64. The van der Waals surface area contributed by atoms with Crippen LogP contribution >= 0.6 is 11.3 Å². The molecule has 0 aliphatic carbocycles. The first kappa shape index (κ1) is 17.6. The Kier molecular flexibility index (Phi) is 4.64. The summed E-state index contributed by atoms with van der Waals surface area (Å²) >= 11 is 1.59. The number of aryl methyl sites for hydroxylation is 2. The van der Waals surface area contributed by atoms with E-state index in [-0.39, 0.29) is 5.82 Å². The fourth-order valence-electron chi connectivity index (χ4n) is 3.40. The second kappa shape index (κ2) is 7.10. The lowest BCUT2D eigenvalue weighted by Gasteiger charge is -2.16. The fraction of sp³-hybridized carbons (Fsp3) is 0.136. The van der Waals surface area contributed by atoms with Crippen LogP contribution < -0.4 is 0 Å². The first-order valence-corrected chi connectivity index (χ1v) is 9.52. The van der Waals surface area contributed by atoms with E-state index >= 15 is 0 Å². The van der Waals surface area contributed by atoms with Crippen LogP contribution in [-0.2, 0) is 7.05 Å². The van der Waals surface area contributed by atoms with Crippen molar-refractivity contribution < 1.29 is 9.50 Å². The Morgan fingerprint density at radius 1 is 1.15 bits per heavy atom. The standard InChI is InChI=1S/C22H19FN2OS/c1-14-7-8-16(18(23)11-14)21-20(22(26)15-5-3-9-24-12-15)17(13-25(21)2)19-6-4-10-27-19/h3-13,22,26H,1-2H3. The van der Waals surface area contributed by atoms with Crippen molar-refractivity contribution in [2.45, 2.75) is 13.0 Å². The summed E-state index contributed by atoms with van der Waals surface area (Å²) in [6, 6.07) is 12.8. The number of benzene rings is 1. The Balaban J connectivity index is 1.99. The zero-order valence-electron chi connectivity index (χ0n) is 15.1. The van der Waals surface area contributed by atoms with Gasteiger partial charge in [-0.3, -0.25) is 4.98 Å². The molecule has 0 amide bonds. The molecule has 1 aromatic carbocycles. The number of hydrogen-bond acceptors (Lipinski definition) is 3. The molecule has 3 heterocycles. The Hall–Kier alpha value is -2.76. The molecule has 136 valence electrons. The molecule has 0 saturated heterocycles. The number of aliphatic hydroxyl groups excluding tert-OH is 1. The average Bonchev–Trinajstić information content (AvgIpc) is 3.30. The van der Waals surface area contributed by atoms with Gasteiger partial charge in [-0.15, -0.1) is 11.3 Å². The Labute approximate surface area is 161 Å². The number of thiophene rings is 1. The van der Waals surface area contributed by atoms with Crippen molar-refractivity contribution in [2.75, 3.05) is 0 Å². The molecular formula is C22H19FN2OS. The monoisotopic (exact) mass is 378 g/mol. The molecule has 0 fully saturated rings. The van der Waals surface area contributed by atoms with Crippen molar-refractivity contribution in [1.29, 1.82) is 0 Å². The van der Waals surface area contributed by atoms with E-state index in [1.54, 1.807) is 35.9 Å². The van der Waals surface area contributed by atoms with Gasteiger partial charge in [-0.2, -0.15) is 0 Å². The highest BCUT2D eigenvalue weighted by Crippen LogP contribution is 2.42. The van der Waals surface area contributed by atoms with Crippen LogP contribution in [0.15, 0.2) is 66.4 Å². The molecule has 3 aromatic heterocycles. The molecule has 4 rings (SSSR count). The van der Waals surface area contributed by atoms with Gasteiger partial charge in [-0.05, 0) is 42.1 Å². The van der Waals surface area contributed by atoms with Gasteiger partial charge < -0.3 is 9.67 Å². The molecule has 27 heavy (non-hydrogen) atoms. The lowest BCUT2D eigenvalue weighted by Crippen LogP contribution is -2.04. The van der Waals surface area contributed by atoms with E-state index in [0.29, 0.717) is 22.4 Å². The fourth-order valence-corrected chi connectivity index (χ4v) is 4.15. The molecule has 0 radical (unpaired) electrons. The quantitative estimate of drug-likeness (QED) is 0.520. The maximum Gasteiger partial charge on any atom is 0.132 e. The highest BCUT2D eigenvalue weighted by Gasteiger charge is 2.26. The highest BCUT2D eigenvalue weighted by molar-refractivity contribution is 7.13. The van der Waals surface area contributed by atoms with Gasteiger partial charge >= 0.3 is 0 Å². The SMILES string of the molecule is Cc1ccc(-c2c(C(O)c3cccnc3)c(-c3cccs3)cn2C)c(F)c1. The maximum atomic E-state index is 14.8. The van der Waals surface area contributed by atoms with Crippen LogP contribution in [0.2, 0.25) is 0 Å². The molecule has 0 spiro atoms. The van der Waals surface area contributed by atoms with E-state index < -0.39 is 6.10 Å². The summed E-state index contributed by atoms with van der Waals surface area (Å²) in [6.07, 6.45) is 4.36. The van der Waals surface area contributed by atoms with Crippen molar-refractivity contribution >= 4 is 11.3 Å². The molecular weight excluding hydrogens is 359 g/mol. The number of hydrogen-bond donors (Lipinski definition) is 1. The van der Waals surface area contributed by atoms with Crippen LogP contribution in [0.5, 0.6) is 0 Å². The van der Waals surface area contributed by atoms with Crippen LogP contribution in [0.1, 0.15) is 22.8 Å². The summed E-state index contributed by atoms with van der Waals surface area (Å²) in [5.41, 5.74) is 4.28. The minimum Gasteiger partial charge on any atom is -0.383 e. The van der Waals surface area contributed by atoms with Gasteiger partial charge in [-0.25, -0.2) is 4.39 Å². The lowest BCUT2D eigenvalue weighted by molar-refractivity contribution is 0.221. The van der Waals surface area contributed by atoms with Gasteiger partial charge in [0.15, 0.2) is 0 Å². The molecule has 4 aromatic rings. The summed E-state index contributed by atoms with van der Waals surface area (Å²) < 4.78 is 16.7.